The van der Waals surface area contributed by atoms with Crippen LogP contribution in [0, 0.1) is 12.1 Å². The molecule has 1 radical (unpaired) electrons. The standard InChI is InChI=1S/C11H14BrN2/c12-10-8-13-6-5-11(10)14-7-9-3-1-2-4-9/h5,8-9H,1-4,7H2,(H,13,14). The van der Waals surface area contributed by atoms with Crippen molar-refractivity contribution < 1.29 is 0 Å². The van der Waals surface area contributed by atoms with E-state index < -0.39 is 0 Å². The fourth-order valence-electron chi connectivity index (χ4n) is 1.94. The third kappa shape index (κ3) is 2.47. The number of nitrogens with one attached hydrogen (secondary N) is 1. The molecule has 1 fully saturated rings. The summed E-state index contributed by atoms with van der Waals surface area (Å²) in [6.07, 6.45) is 10.2. The number of hydrogen-bond donors (Lipinski definition) is 1. The summed E-state index contributed by atoms with van der Waals surface area (Å²) in [6.45, 7) is 1.08. The Labute approximate surface area is 93.3 Å². The van der Waals surface area contributed by atoms with Gasteiger partial charge in [0, 0.05) is 12.7 Å². The first-order chi connectivity index (χ1) is 6.86. The highest BCUT2D eigenvalue weighted by molar-refractivity contribution is 9.10. The Morgan fingerprint density at radius 1 is 1.50 bits per heavy atom. The van der Waals surface area contributed by atoms with E-state index in [4.69, 9.17) is 0 Å². The van der Waals surface area contributed by atoms with Crippen molar-refractivity contribution in [3.8, 4) is 0 Å². The summed E-state index contributed by atoms with van der Waals surface area (Å²) >= 11 is 3.46. The van der Waals surface area contributed by atoms with Gasteiger partial charge in [-0.3, -0.25) is 4.98 Å². The summed E-state index contributed by atoms with van der Waals surface area (Å²) in [6, 6.07) is 1.89. The van der Waals surface area contributed by atoms with Crippen molar-refractivity contribution in [2.75, 3.05) is 11.9 Å². The topological polar surface area (TPSA) is 24.9 Å². The van der Waals surface area contributed by atoms with Gasteiger partial charge in [0.1, 0.15) is 0 Å². The lowest BCUT2D eigenvalue weighted by molar-refractivity contribution is 0.579. The number of anilines is 1. The first-order valence-corrected chi connectivity index (χ1v) is 5.91. The molecule has 1 aliphatic rings. The number of halogens is 1. The van der Waals surface area contributed by atoms with Crippen LogP contribution in [0.25, 0.3) is 0 Å². The number of pyridine rings is 1. The molecule has 0 saturated heterocycles. The summed E-state index contributed by atoms with van der Waals surface area (Å²) in [5, 5.41) is 3.44. The number of nitrogens with zero attached hydrogens (tertiary/aromatic N) is 1. The predicted octanol–water partition coefficient (Wildman–Crippen LogP) is 3.25. The van der Waals surface area contributed by atoms with E-state index >= 15 is 0 Å². The highest BCUT2D eigenvalue weighted by atomic mass is 79.9. The summed E-state index contributed by atoms with van der Waals surface area (Å²) in [5.41, 5.74) is 1.10. The SMILES string of the molecule is Brc1cn[c]cc1NCC1CCCC1. The molecule has 0 unspecified atom stereocenters. The van der Waals surface area contributed by atoms with Gasteiger partial charge in [0.25, 0.3) is 0 Å². The molecule has 0 amide bonds. The van der Waals surface area contributed by atoms with Gasteiger partial charge in [-0.1, -0.05) is 12.8 Å². The van der Waals surface area contributed by atoms with Gasteiger partial charge >= 0.3 is 0 Å². The molecule has 0 spiro atoms. The Balaban J connectivity index is 1.88. The van der Waals surface area contributed by atoms with Crippen molar-refractivity contribution >= 4 is 21.6 Å². The maximum absolute atomic E-state index is 3.91. The van der Waals surface area contributed by atoms with Gasteiger partial charge in [0.2, 0.25) is 0 Å². The lowest BCUT2D eigenvalue weighted by Crippen LogP contribution is -2.11. The first kappa shape index (κ1) is 9.97. The molecule has 1 N–H and O–H groups in total. The van der Waals surface area contributed by atoms with Crippen LogP contribution in [0.5, 0.6) is 0 Å². The minimum absolute atomic E-state index is 0.857. The van der Waals surface area contributed by atoms with Gasteiger partial charge in [0.15, 0.2) is 0 Å². The molecular formula is C11H14BrN2. The summed E-state index contributed by atoms with van der Waals surface area (Å²) in [7, 11) is 0. The minimum atomic E-state index is 0.857. The zero-order valence-electron chi connectivity index (χ0n) is 8.09. The molecule has 1 heterocycles. The van der Waals surface area contributed by atoms with Gasteiger partial charge in [-0.15, -0.1) is 0 Å². The molecule has 1 aromatic heterocycles. The Kier molecular flexibility index (Phi) is 3.40. The molecule has 0 aliphatic heterocycles. The number of aromatic nitrogens is 1. The Morgan fingerprint density at radius 3 is 3.00 bits per heavy atom. The smallest absolute Gasteiger partial charge is 0.0908 e. The van der Waals surface area contributed by atoms with E-state index in [1.807, 2.05) is 6.07 Å². The highest BCUT2D eigenvalue weighted by Gasteiger charge is 2.14. The predicted molar refractivity (Wildman–Crippen MR) is 61.2 cm³/mol. The average molecular weight is 254 g/mol. The Bertz CT molecular complexity index is 295. The van der Waals surface area contributed by atoms with Crippen LogP contribution in [0.3, 0.4) is 0 Å². The van der Waals surface area contributed by atoms with Gasteiger partial charge in [-0.2, -0.15) is 0 Å². The zero-order valence-corrected chi connectivity index (χ0v) is 9.68. The van der Waals surface area contributed by atoms with E-state index in [0.29, 0.717) is 0 Å². The van der Waals surface area contributed by atoms with E-state index in [0.717, 1.165) is 22.6 Å². The zero-order chi connectivity index (χ0) is 9.80. The van der Waals surface area contributed by atoms with Crippen molar-refractivity contribution in [2.24, 2.45) is 5.92 Å². The fourth-order valence-corrected chi connectivity index (χ4v) is 2.30. The van der Waals surface area contributed by atoms with Crippen LogP contribution in [-0.2, 0) is 0 Å². The van der Waals surface area contributed by atoms with Crippen LogP contribution in [-0.4, -0.2) is 11.5 Å². The molecule has 3 heteroatoms. The van der Waals surface area contributed by atoms with Crippen molar-refractivity contribution in [3.63, 3.8) is 0 Å². The summed E-state index contributed by atoms with van der Waals surface area (Å²) in [4.78, 5) is 3.91. The first-order valence-electron chi connectivity index (χ1n) is 5.12. The van der Waals surface area contributed by atoms with Crippen LogP contribution < -0.4 is 5.32 Å². The van der Waals surface area contributed by atoms with E-state index in [1.54, 1.807) is 6.20 Å². The molecule has 1 saturated carbocycles. The van der Waals surface area contributed by atoms with Crippen LogP contribution in [0.15, 0.2) is 16.7 Å². The van der Waals surface area contributed by atoms with E-state index in [2.05, 4.69) is 32.4 Å². The van der Waals surface area contributed by atoms with Gasteiger partial charge < -0.3 is 5.32 Å². The average Bonchev–Trinajstić information content (AvgIpc) is 2.69. The van der Waals surface area contributed by atoms with Gasteiger partial charge in [-0.05, 0) is 40.8 Å². The van der Waals surface area contributed by atoms with Gasteiger partial charge in [-0.25, -0.2) is 0 Å². The van der Waals surface area contributed by atoms with Crippen LogP contribution in [0.2, 0.25) is 0 Å². The lowest BCUT2D eigenvalue weighted by Gasteiger charge is -2.12. The normalized spacial score (nSPS) is 17.2. The van der Waals surface area contributed by atoms with E-state index in [1.165, 1.54) is 25.7 Å². The molecule has 1 aliphatic carbocycles. The minimum Gasteiger partial charge on any atom is -0.384 e. The molecule has 0 atom stereocenters. The van der Waals surface area contributed by atoms with Crippen LogP contribution in [0.1, 0.15) is 25.7 Å². The second-order valence-corrected chi connectivity index (χ2v) is 4.68. The van der Waals surface area contributed by atoms with Crippen LogP contribution >= 0.6 is 15.9 Å². The lowest BCUT2D eigenvalue weighted by atomic mass is 10.1. The second kappa shape index (κ2) is 4.78. The molecular weight excluding hydrogens is 240 g/mol. The molecule has 2 rings (SSSR count). The largest absolute Gasteiger partial charge is 0.384 e. The molecule has 75 valence electrons. The van der Waals surface area contributed by atoms with E-state index in [9.17, 15) is 0 Å². The number of rotatable bonds is 3. The fraction of sp³-hybridized carbons (Fsp3) is 0.545. The van der Waals surface area contributed by atoms with E-state index in [-0.39, 0.29) is 0 Å². The summed E-state index contributed by atoms with van der Waals surface area (Å²) in [5.74, 6) is 0.857. The third-order valence-corrected chi connectivity index (χ3v) is 3.41. The monoisotopic (exact) mass is 253 g/mol. The maximum atomic E-state index is 3.91. The second-order valence-electron chi connectivity index (χ2n) is 3.82. The molecule has 2 nitrogen and oxygen atoms in total. The quantitative estimate of drug-likeness (QED) is 0.895. The molecule has 14 heavy (non-hydrogen) atoms. The van der Waals surface area contributed by atoms with Crippen molar-refractivity contribution in [1.82, 2.24) is 4.98 Å². The summed E-state index contributed by atoms with van der Waals surface area (Å²) < 4.78 is 1.02. The van der Waals surface area contributed by atoms with Crippen molar-refractivity contribution in [2.45, 2.75) is 25.7 Å². The number of hydrogen-bond acceptors (Lipinski definition) is 2. The van der Waals surface area contributed by atoms with Gasteiger partial charge in [0.05, 0.1) is 16.4 Å². The van der Waals surface area contributed by atoms with Crippen LogP contribution in [0.4, 0.5) is 5.69 Å². The molecule has 1 aromatic rings. The third-order valence-electron chi connectivity index (χ3n) is 2.77. The Hall–Kier alpha value is -0.570. The van der Waals surface area contributed by atoms with Crippen molar-refractivity contribution in [1.29, 1.82) is 0 Å². The highest BCUT2D eigenvalue weighted by Crippen LogP contribution is 2.26. The van der Waals surface area contributed by atoms with Crippen molar-refractivity contribution in [3.05, 3.63) is 22.9 Å². The molecule has 0 aromatic carbocycles. The molecule has 0 bridgehead atoms. The maximum Gasteiger partial charge on any atom is 0.0908 e. The Morgan fingerprint density at radius 2 is 2.29 bits per heavy atom.